The highest BCUT2D eigenvalue weighted by molar-refractivity contribution is 7.71. The second kappa shape index (κ2) is 6.37. The highest BCUT2D eigenvalue weighted by Gasteiger charge is 2.11. The summed E-state index contributed by atoms with van der Waals surface area (Å²) in [6.07, 6.45) is 1.04. The fraction of sp³-hybridized carbons (Fsp3) is 0.250. The summed E-state index contributed by atoms with van der Waals surface area (Å²) in [6, 6.07) is 14.7. The minimum atomic E-state index is 0.499. The van der Waals surface area contributed by atoms with Gasteiger partial charge in [-0.05, 0) is 41.6 Å². The molecule has 1 atom stereocenters. The Balaban J connectivity index is 1.77. The van der Waals surface area contributed by atoms with Gasteiger partial charge in [-0.3, -0.25) is 9.67 Å². The van der Waals surface area contributed by atoms with Gasteiger partial charge in [-0.1, -0.05) is 43.3 Å². The number of hydrogen-bond acceptors (Lipinski definition) is 3. The molecule has 1 N–H and O–H groups in total. The van der Waals surface area contributed by atoms with E-state index >= 15 is 0 Å². The first-order chi connectivity index (χ1) is 10.3. The number of nitrogens with zero attached hydrogens (tertiary/aromatic N) is 2. The first-order valence-corrected chi connectivity index (χ1v) is 8.28. The number of thiophene rings is 1. The average Bonchev–Trinajstić information content (AvgIpc) is 3.15. The molecule has 0 saturated carbocycles. The smallest absolute Gasteiger partial charge is 0.195 e. The van der Waals surface area contributed by atoms with Gasteiger partial charge in [0.15, 0.2) is 10.6 Å². The third-order valence-corrected chi connectivity index (χ3v) is 4.83. The summed E-state index contributed by atoms with van der Waals surface area (Å²) in [5.74, 6) is 1.44. The summed E-state index contributed by atoms with van der Waals surface area (Å²) >= 11 is 7.05. The Kier molecular flexibility index (Phi) is 4.31. The van der Waals surface area contributed by atoms with Gasteiger partial charge in [0, 0.05) is 6.54 Å². The van der Waals surface area contributed by atoms with Crippen molar-refractivity contribution in [1.82, 2.24) is 14.8 Å². The molecule has 0 aliphatic heterocycles. The van der Waals surface area contributed by atoms with Gasteiger partial charge in [0.25, 0.3) is 0 Å². The van der Waals surface area contributed by atoms with Crippen LogP contribution in [-0.2, 0) is 6.54 Å². The fourth-order valence-electron chi connectivity index (χ4n) is 2.39. The molecule has 21 heavy (non-hydrogen) atoms. The van der Waals surface area contributed by atoms with Gasteiger partial charge >= 0.3 is 0 Å². The van der Waals surface area contributed by atoms with Crippen LogP contribution in [0.1, 0.15) is 24.8 Å². The van der Waals surface area contributed by atoms with E-state index in [-0.39, 0.29) is 0 Å². The summed E-state index contributed by atoms with van der Waals surface area (Å²) in [5, 5.41) is 9.34. The van der Waals surface area contributed by atoms with Crippen LogP contribution in [0, 0.1) is 4.77 Å². The summed E-state index contributed by atoms with van der Waals surface area (Å²) in [7, 11) is 0. The Morgan fingerprint density at radius 1 is 1.24 bits per heavy atom. The van der Waals surface area contributed by atoms with Gasteiger partial charge in [-0.2, -0.15) is 5.10 Å². The van der Waals surface area contributed by atoms with Crippen molar-refractivity contribution in [3.8, 4) is 10.7 Å². The largest absolute Gasteiger partial charge is 0.299 e. The van der Waals surface area contributed by atoms with Crippen LogP contribution >= 0.6 is 23.6 Å². The van der Waals surface area contributed by atoms with Crippen molar-refractivity contribution in [2.75, 3.05) is 0 Å². The monoisotopic (exact) mass is 315 g/mol. The maximum absolute atomic E-state index is 5.37. The van der Waals surface area contributed by atoms with Crippen molar-refractivity contribution in [3.05, 3.63) is 58.2 Å². The van der Waals surface area contributed by atoms with E-state index in [9.17, 15) is 0 Å². The molecule has 5 heteroatoms. The predicted molar refractivity (Wildman–Crippen MR) is 90.2 cm³/mol. The summed E-state index contributed by atoms with van der Waals surface area (Å²) in [6.45, 7) is 3.13. The number of benzene rings is 1. The highest BCUT2D eigenvalue weighted by Crippen LogP contribution is 2.25. The number of aromatic nitrogens is 3. The van der Waals surface area contributed by atoms with E-state index in [1.807, 2.05) is 6.07 Å². The van der Waals surface area contributed by atoms with E-state index in [2.05, 4.69) is 63.5 Å². The first kappa shape index (κ1) is 14.2. The van der Waals surface area contributed by atoms with E-state index in [0.717, 1.165) is 23.7 Å². The lowest BCUT2D eigenvalue weighted by Crippen LogP contribution is -2.04. The normalized spacial score (nSPS) is 12.4. The molecule has 0 bridgehead atoms. The van der Waals surface area contributed by atoms with Gasteiger partial charge in [0.05, 0.1) is 4.88 Å². The molecule has 0 spiro atoms. The number of nitrogens with one attached hydrogen (secondary N) is 1. The first-order valence-electron chi connectivity index (χ1n) is 6.99. The summed E-state index contributed by atoms with van der Waals surface area (Å²) < 4.78 is 2.79. The van der Waals surface area contributed by atoms with Crippen LogP contribution in [0.3, 0.4) is 0 Å². The maximum atomic E-state index is 5.37. The third-order valence-electron chi connectivity index (χ3n) is 3.65. The van der Waals surface area contributed by atoms with Crippen LogP contribution in [0.25, 0.3) is 10.7 Å². The van der Waals surface area contributed by atoms with Crippen LogP contribution in [0.15, 0.2) is 47.8 Å². The van der Waals surface area contributed by atoms with Crippen LogP contribution < -0.4 is 0 Å². The number of aromatic amines is 1. The Hall–Kier alpha value is -1.72. The molecule has 2 aromatic heterocycles. The predicted octanol–water partition coefficient (Wildman–Crippen LogP) is 4.86. The average molecular weight is 315 g/mol. The Morgan fingerprint density at radius 3 is 2.76 bits per heavy atom. The second-order valence-electron chi connectivity index (χ2n) is 5.08. The molecule has 0 fully saturated rings. The van der Waals surface area contributed by atoms with E-state index in [4.69, 9.17) is 12.2 Å². The van der Waals surface area contributed by atoms with Gasteiger partial charge in [0.1, 0.15) is 0 Å². The molecule has 3 nitrogen and oxygen atoms in total. The molecule has 1 unspecified atom stereocenters. The highest BCUT2D eigenvalue weighted by atomic mass is 32.1. The zero-order valence-electron chi connectivity index (χ0n) is 11.8. The van der Waals surface area contributed by atoms with Crippen LogP contribution in [-0.4, -0.2) is 14.8 Å². The zero-order chi connectivity index (χ0) is 14.7. The molecule has 108 valence electrons. The molecule has 3 aromatic rings. The van der Waals surface area contributed by atoms with Gasteiger partial charge in [-0.25, -0.2) is 0 Å². The molecular formula is C16H17N3S2. The minimum absolute atomic E-state index is 0.499. The molecule has 0 saturated heterocycles. The SMILES string of the molecule is CC(CCn1c(-c2cccs2)n[nH]c1=S)c1ccccc1. The van der Waals surface area contributed by atoms with Crippen LogP contribution in [0.4, 0.5) is 0 Å². The van der Waals surface area contributed by atoms with Crippen molar-refractivity contribution < 1.29 is 0 Å². The van der Waals surface area contributed by atoms with E-state index in [1.54, 1.807) is 11.3 Å². The molecule has 1 aromatic carbocycles. The zero-order valence-corrected chi connectivity index (χ0v) is 13.5. The number of hydrogen-bond donors (Lipinski definition) is 1. The maximum Gasteiger partial charge on any atom is 0.195 e. The summed E-state index contributed by atoms with van der Waals surface area (Å²) in [4.78, 5) is 1.15. The van der Waals surface area contributed by atoms with Crippen LogP contribution in [0.5, 0.6) is 0 Å². The van der Waals surface area contributed by atoms with Gasteiger partial charge in [0.2, 0.25) is 0 Å². The lowest BCUT2D eigenvalue weighted by atomic mass is 9.98. The fourth-order valence-corrected chi connectivity index (χ4v) is 3.34. The standard InChI is InChI=1S/C16H17N3S2/c1-12(13-6-3-2-4-7-13)9-10-19-15(17-18-16(19)20)14-8-5-11-21-14/h2-8,11-12H,9-10H2,1H3,(H,18,20). The van der Waals surface area contributed by atoms with E-state index in [0.29, 0.717) is 10.7 Å². The molecular weight excluding hydrogens is 298 g/mol. The Labute approximate surface area is 133 Å². The van der Waals surface area contributed by atoms with Gasteiger partial charge in [-0.15, -0.1) is 11.3 Å². The van der Waals surface area contributed by atoms with E-state index < -0.39 is 0 Å². The van der Waals surface area contributed by atoms with E-state index in [1.165, 1.54) is 5.56 Å². The Morgan fingerprint density at radius 2 is 2.05 bits per heavy atom. The quantitative estimate of drug-likeness (QED) is 0.682. The van der Waals surface area contributed by atoms with Crippen molar-refractivity contribution in [1.29, 1.82) is 0 Å². The van der Waals surface area contributed by atoms with Crippen molar-refractivity contribution >= 4 is 23.6 Å². The molecule has 0 radical (unpaired) electrons. The number of H-pyrrole nitrogens is 1. The van der Waals surface area contributed by atoms with Crippen LogP contribution in [0.2, 0.25) is 0 Å². The lowest BCUT2D eigenvalue weighted by molar-refractivity contribution is 0.575. The molecule has 0 amide bonds. The molecule has 0 aliphatic rings. The topological polar surface area (TPSA) is 33.6 Å². The lowest BCUT2D eigenvalue weighted by Gasteiger charge is -2.13. The van der Waals surface area contributed by atoms with Crippen molar-refractivity contribution in [2.45, 2.75) is 25.8 Å². The van der Waals surface area contributed by atoms with Gasteiger partial charge < -0.3 is 0 Å². The van der Waals surface area contributed by atoms with Crippen molar-refractivity contribution in [2.24, 2.45) is 0 Å². The second-order valence-corrected chi connectivity index (χ2v) is 6.42. The van der Waals surface area contributed by atoms with Crippen molar-refractivity contribution in [3.63, 3.8) is 0 Å². The molecule has 3 rings (SSSR count). The number of rotatable bonds is 5. The molecule has 0 aliphatic carbocycles. The Bertz CT molecular complexity index is 741. The summed E-state index contributed by atoms with van der Waals surface area (Å²) in [5.41, 5.74) is 1.37. The minimum Gasteiger partial charge on any atom is -0.299 e. The molecule has 2 heterocycles. The third kappa shape index (κ3) is 3.14.